The monoisotopic (exact) mass is 169 g/mol. The Kier molecular flexibility index (Phi) is 2.14. The Morgan fingerprint density at radius 1 is 1.58 bits per heavy atom. The van der Waals surface area contributed by atoms with E-state index in [1.807, 2.05) is 0 Å². The highest BCUT2D eigenvalue weighted by Gasteiger charge is 2.13. The van der Waals surface area contributed by atoms with E-state index in [1.165, 1.54) is 0 Å². The van der Waals surface area contributed by atoms with Gasteiger partial charge in [0.25, 0.3) is 0 Å². The van der Waals surface area contributed by atoms with Gasteiger partial charge in [-0.05, 0) is 0 Å². The summed E-state index contributed by atoms with van der Waals surface area (Å²) in [7, 11) is 0. The molecule has 1 N–H and O–H groups in total. The SMILES string of the molecule is O=Cc1c(F)cncc1C(=O)O. The predicted molar refractivity (Wildman–Crippen MR) is 36.5 cm³/mol. The number of nitrogens with zero attached hydrogens (tertiary/aromatic N) is 1. The first-order valence-corrected chi connectivity index (χ1v) is 2.98. The number of aromatic nitrogens is 1. The van der Waals surface area contributed by atoms with Crippen molar-refractivity contribution < 1.29 is 19.1 Å². The van der Waals surface area contributed by atoms with Crippen molar-refractivity contribution in [1.29, 1.82) is 0 Å². The van der Waals surface area contributed by atoms with Gasteiger partial charge in [-0.3, -0.25) is 9.78 Å². The molecule has 0 saturated heterocycles. The zero-order valence-electron chi connectivity index (χ0n) is 5.82. The van der Waals surface area contributed by atoms with Crippen molar-refractivity contribution in [1.82, 2.24) is 4.98 Å². The van der Waals surface area contributed by atoms with Crippen LogP contribution in [-0.4, -0.2) is 22.3 Å². The normalized spacial score (nSPS) is 9.42. The van der Waals surface area contributed by atoms with Gasteiger partial charge >= 0.3 is 5.97 Å². The molecule has 5 heteroatoms. The van der Waals surface area contributed by atoms with Crippen LogP contribution in [0.3, 0.4) is 0 Å². The van der Waals surface area contributed by atoms with E-state index >= 15 is 0 Å². The Labute approximate surface area is 66.7 Å². The lowest BCUT2D eigenvalue weighted by Crippen LogP contribution is -2.04. The first-order chi connectivity index (χ1) is 5.66. The van der Waals surface area contributed by atoms with E-state index in [2.05, 4.69) is 4.98 Å². The van der Waals surface area contributed by atoms with Crippen molar-refractivity contribution in [2.45, 2.75) is 0 Å². The van der Waals surface area contributed by atoms with Gasteiger partial charge in [-0.1, -0.05) is 0 Å². The van der Waals surface area contributed by atoms with Gasteiger partial charge in [0, 0.05) is 6.20 Å². The minimum Gasteiger partial charge on any atom is -0.478 e. The fourth-order valence-electron chi connectivity index (χ4n) is 0.735. The van der Waals surface area contributed by atoms with E-state index in [0.29, 0.717) is 0 Å². The van der Waals surface area contributed by atoms with Crippen LogP contribution in [0.4, 0.5) is 4.39 Å². The predicted octanol–water partition coefficient (Wildman–Crippen LogP) is 0.731. The minimum atomic E-state index is -1.37. The zero-order chi connectivity index (χ0) is 9.14. The number of pyridine rings is 1. The van der Waals surface area contributed by atoms with Crippen molar-refractivity contribution in [3.05, 3.63) is 29.3 Å². The summed E-state index contributed by atoms with van der Waals surface area (Å²) in [6, 6.07) is 0. The smallest absolute Gasteiger partial charge is 0.338 e. The van der Waals surface area contributed by atoms with Crippen LogP contribution in [0.15, 0.2) is 12.4 Å². The van der Waals surface area contributed by atoms with Crippen molar-refractivity contribution in [2.75, 3.05) is 0 Å². The summed E-state index contributed by atoms with van der Waals surface area (Å²) in [6.07, 6.45) is 1.87. The average Bonchev–Trinajstić information content (AvgIpc) is 2.03. The van der Waals surface area contributed by atoms with Gasteiger partial charge in [-0.15, -0.1) is 0 Å². The van der Waals surface area contributed by atoms with E-state index in [0.717, 1.165) is 12.4 Å². The van der Waals surface area contributed by atoms with Gasteiger partial charge in [-0.25, -0.2) is 9.18 Å². The van der Waals surface area contributed by atoms with Gasteiger partial charge in [-0.2, -0.15) is 0 Å². The highest BCUT2D eigenvalue weighted by Crippen LogP contribution is 2.08. The first kappa shape index (κ1) is 8.32. The topological polar surface area (TPSA) is 67.3 Å². The van der Waals surface area contributed by atoms with Crippen molar-refractivity contribution in [2.24, 2.45) is 0 Å². The van der Waals surface area contributed by atoms with E-state index in [4.69, 9.17) is 5.11 Å². The summed E-state index contributed by atoms with van der Waals surface area (Å²) in [6.45, 7) is 0. The molecule has 0 aliphatic rings. The molecule has 0 saturated carbocycles. The second-order valence-electron chi connectivity index (χ2n) is 2.01. The van der Waals surface area contributed by atoms with Gasteiger partial charge in [0.1, 0.15) is 0 Å². The third kappa shape index (κ3) is 1.29. The molecule has 1 heterocycles. The largest absolute Gasteiger partial charge is 0.478 e. The molecular weight excluding hydrogens is 165 g/mol. The Hall–Kier alpha value is -1.78. The van der Waals surface area contributed by atoms with Gasteiger partial charge in [0.15, 0.2) is 12.1 Å². The average molecular weight is 169 g/mol. The molecule has 62 valence electrons. The van der Waals surface area contributed by atoms with Crippen LogP contribution in [0.5, 0.6) is 0 Å². The number of carboxylic acid groups (broad SMARTS) is 1. The molecule has 0 aromatic carbocycles. The van der Waals surface area contributed by atoms with E-state index < -0.39 is 22.9 Å². The second-order valence-corrected chi connectivity index (χ2v) is 2.01. The van der Waals surface area contributed by atoms with Crippen molar-refractivity contribution in [3.63, 3.8) is 0 Å². The quantitative estimate of drug-likeness (QED) is 0.662. The summed E-state index contributed by atoms with van der Waals surface area (Å²) in [5.74, 6) is -2.30. The Bertz CT molecular complexity index is 337. The Morgan fingerprint density at radius 2 is 2.25 bits per heavy atom. The Morgan fingerprint density at radius 3 is 2.67 bits per heavy atom. The molecule has 1 rings (SSSR count). The maximum absolute atomic E-state index is 12.7. The van der Waals surface area contributed by atoms with Crippen molar-refractivity contribution in [3.8, 4) is 0 Å². The summed E-state index contributed by atoms with van der Waals surface area (Å²) >= 11 is 0. The first-order valence-electron chi connectivity index (χ1n) is 2.98. The van der Waals surface area contributed by atoms with Crippen LogP contribution in [0, 0.1) is 5.82 Å². The fraction of sp³-hybridized carbons (Fsp3) is 0. The minimum absolute atomic E-state index is 0.153. The number of hydrogen-bond donors (Lipinski definition) is 1. The third-order valence-corrected chi connectivity index (χ3v) is 1.29. The third-order valence-electron chi connectivity index (χ3n) is 1.29. The highest BCUT2D eigenvalue weighted by molar-refractivity contribution is 5.96. The number of carboxylic acids is 1. The fourth-order valence-corrected chi connectivity index (χ4v) is 0.735. The summed E-state index contributed by atoms with van der Waals surface area (Å²) in [5.41, 5.74) is -0.900. The van der Waals surface area contributed by atoms with E-state index in [-0.39, 0.29) is 6.29 Å². The molecule has 0 aliphatic carbocycles. The zero-order valence-corrected chi connectivity index (χ0v) is 5.82. The van der Waals surface area contributed by atoms with Crippen molar-refractivity contribution >= 4 is 12.3 Å². The molecule has 0 unspecified atom stereocenters. The number of hydrogen-bond acceptors (Lipinski definition) is 3. The lowest BCUT2D eigenvalue weighted by molar-refractivity contribution is 0.0692. The lowest BCUT2D eigenvalue weighted by atomic mass is 10.1. The summed E-state index contributed by atoms with van der Waals surface area (Å²) in [4.78, 5) is 23.9. The number of rotatable bonds is 2. The van der Waals surface area contributed by atoms with Gasteiger partial charge in [0.05, 0.1) is 17.3 Å². The molecule has 0 fully saturated rings. The standard InChI is InChI=1S/C7H4FNO3/c8-6-2-9-1-4(7(11)12)5(6)3-10/h1-3H,(H,11,12). The molecule has 0 aliphatic heterocycles. The number of carbonyl (C=O) groups is 2. The Balaban J connectivity index is 3.37. The molecule has 0 atom stereocenters. The number of carbonyl (C=O) groups excluding carboxylic acids is 1. The molecule has 12 heavy (non-hydrogen) atoms. The van der Waals surface area contributed by atoms with Crippen LogP contribution in [0.1, 0.15) is 20.7 Å². The van der Waals surface area contributed by atoms with Crippen LogP contribution in [-0.2, 0) is 0 Å². The number of aromatic carboxylic acids is 1. The van der Waals surface area contributed by atoms with E-state index in [9.17, 15) is 14.0 Å². The van der Waals surface area contributed by atoms with Gasteiger partial charge < -0.3 is 5.11 Å². The maximum atomic E-state index is 12.7. The van der Waals surface area contributed by atoms with Crippen LogP contribution in [0.25, 0.3) is 0 Å². The molecule has 0 spiro atoms. The van der Waals surface area contributed by atoms with Gasteiger partial charge in [0.2, 0.25) is 0 Å². The molecule has 0 amide bonds. The molecular formula is C7H4FNO3. The lowest BCUT2D eigenvalue weighted by Gasteiger charge is -1.97. The molecule has 4 nitrogen and oxygen atoms in total. The molecule has 0 radical (unpaired) electrons. The highest BCUT2D eigenvalue weighted by atomic mass is 19.1. The summed E-state index contributed by atoms with van der Waals surface area (Å²) < 4.78 is 12.7. The van der Waals surface area contributed by atoms with Crippen LogP contribution < -0.4 is 0 Å². The molecule has 1 aromatic rings. The van der Waals surface area contributed by atoms with Crippen LogP contribution >= 0.6 is 0 Å². The number of halogens is 1. The molecule has 0 bridgehead atoms. The maximum Gasteiger partial charge on any atom is 0.338 e. The molecule has 1 aromatic heterocycles. The van der Waals surface area contributed by atoms with E-state index in [1.54, 1.807) is 0 Å². The second kappa shape index (κ2) is 3.08. The summed E-state index contributed by atoms with van der Waals surface area (Å²) in [5, 5.41) is 8.46. The number of aldehydes is 1. The van der Waals surface area contributed by atoms with Crippen LogP contribution in [0.2, 0.25) is 0 Å².